The van der Waals surface area contributed by atoms with Crippen LogP contribution >= 0.6 is 0 Å². The summed E-state index contributed by atoms with van der Waals surface area (Å²) < 4.78 is 22.3. The molecule has 0 fully saturated rings. The van der Waals surface area contributed by atoms with Gasteiger partial charge in [-0.05, 0) is 20.8 Å². The van der Waals surface area contributed by atoms with E-state index in [1.165, 1.54) is 6.26 Å². The zero-order chi connectivity index (χ0) is 13.1. The van der Waals surface area contributed by atoms with Gasteiger partial charge in [0.1, 0.15) is 9.84 Å². The smallest absolute Gasteiger partial charge is 0.148 e. The zero-order valence-electron chi connectivity index (χ0n) is 10.6. The van der Waals surface area contributed by atoms with Crippen LogP contribution < -0.4 is 5.32 Å². The van der Waals surface area contributed by atoms with Crippen LogP contribution in [-0.4, -0.2) is 36.4 Å². The van der Waals surface area contributed by atoms with Gasteiger partial charge in [-0.25, -0.2) is 8.42 Å². The molecule has 2 atom stereocenters. The first kappa shape index (κ1) is 14.1. The van der Waals surface area contributed by atoms with E-state index in [-0.39, 0.29) is 17.8 Å². The van der Waals surface area contributed by atoms with Gasteiger partial charge < -0.3 is 5.32 Å². The average molecular weight is 257 g/mol. The molecule has 0 aliphatic carbocycles. The second-order valence-electron chi connectivity index (χ2n) is 4.41. The van der Waals surface area contributed by atoms with E-state index in [2.05, 4.69) is 15.3 Å². The Morgan fingerprint density at radius 1 is 1.29 bits per heavy atom. The minimum Gasteiger partial charge on any atom is -0.305 e. The van der Waals surface area contributed by atoms with Crippen LogP contribution in [0.3, 0.4) is 0 Å². The average Bonchev–Trinajstić information content (AvgIpc) is 2.14. The summed E-state index contributed by atoms with van der Waals surface area (Å²) in [4.78, 5) is 8.41. The second-order valence-corrected chi connectivity index (χ2v) is 6.59. The van der Waals surface area contributed by atoms with E-state index in [1.807, 2.05) is 20.8 Å². The standard InChI is InChI=1S/C11H19N3O2S/c1-8(7-17(4,15)16)14-10(3)11-9(2)12-5-6-13-11/h5-6,8,10,14H,7H2,1-4H3. The molecule has 0 aliphatic rings. The number of nitrogens with zero attached hydrogens (tertiary/aromatic N) is 2. The number of hydrogen-bond donors (Lipinski definition) is 1. The maximum Gasteiger partial charge on any atom is 0.148 e. The minimum absolute atomic E-state index is 0.0135. The Balaban J connectivity index is 2.67. The topological polar surface area (TPSA) is 72.0 Å². The van der Waals surface area contributed by atoms with Crippen molar-refractivity contribution < 1.29 is 8.42 Å². The van der Waals surface area contributed by atoms with Crippen LogP contribution in [0.4, 0.5) is 0 Å². The molecule has 5 nitrogen and oxygen atoms in total. The van der Waals surface area contributed by atoms with Gasteiger partial charge in [0.15, 0.2) is 0 Å². The van der Waals surface area contributed by atoms with Gasteiger partial charge in [-0.15, -0.1) is 0 Å². The van der Waals surface area contributed by atoms with Gasteiger partial charge in [-0.3, -0.25) is 9.97 Å². The molecule has 0 bridgehead atoms. The van der Waals surface area contributed by atoms with E-state index in [0.29, 0.717) is 0 Å². The number of sulfone groups is 1. The van der Waals surface area contributed by atoms with E-state index >= 15 is 0 Å². The third kappa shape index (κ3) is 4.79. The van der Waals surface area contributed by atoms with Crippen LogP contribution in [0.2, 0.25) is 0 Å². The lowest BCUT2D eigenvalue weighted by molar-refractivity contribution is 0.489. The summed E-state index contributed by atoms with van der Waals surface area (Å²) in [5, 5.41) is 3.21. The first-order valence-corrected chi connectivity index (χ1v) is 7.57. The summed E-state index contributed by atoms with van der Waals surface area (Å²) in [5.74, 6) is 0.122. The largest absolute Gasteiger partial charge is 0.305 e. The fourth-order valence-corrected chi connectivity index (χ4v) is 2.86. The van der Waals surface area contributed by atoms with Crippen molar-refractivity contribution in [1.29, 1.82) is 0 Å². The van der Waals surface area contributed by atoms with Crippen LogP contribution in [0, 0.1) is 6.92 Å². The lowest BCUT2D eigenvalue weighted by atomic mass is 10.1. The molecule has 96 valence electrons. The maximum atomic E-state index is 11.2. The predicted octanol–water partition coefficient (Wildman–Crippen LogP) is 0.869. The molecule has 0 amide bonds. The normalized spacial score (nSPS) is 15.5. The van der Waals surface area contributed by atoms with Crippen molar-refractivity contribution in [3.63, 3.8) is 0 Å². The molecule has 1 heterocycles. The highest BCUT2D eigenvalue weighted by Gasteiger charge is 2.16. The summed E-state index contributed by atoms with van der Waals surface area (Å²) >= 11 is 0. The lowest BCUT2D eigenvalue weighted by Gasteiger charge is -2.19. The Hall–Kier alpha value is -1.01. The Kier molecular flexibility index (Phi) is 4.59. The molecule has 1 aromatic heterocycles. The van der Waals surface area contributed by atoms with Crippen LogP contribution in [0.1, 0.15) is 31.3 Å². The first-order valence-electron chi connectivity index (χ1n) is 5.51. The highest BCUT2D eigenvalue weighted by atomic mass is 32.2. The predicted molar refractivity (Wildman–Crippen MR) is 67.5 cm³/mol. The van der Waals surface area contributed by atoms with Gasteiger partial charge in [-0.1, -0.05) is 0 Å². The quantitative estimate of drug-likeness (QED) is 0.847. The van der Waals surface area contributed by atoms with Gasteiger partial charge in [0, 0.05) is 30.7 Å². The van der Waals surface area contributed by atoms with Crippen molar-refractivity contribution >= 4 is 9.84 Å². The number of rotatable bonds is 5. The Morgan fingerprint density at radius 2 is 1.88 bits per heavy atom. The van der Waals surface area contributed by atoms with E-state index in [4.69, 9.17) is 0 Å². The number of aromatic nitrogens is 2. The van der Waals surface area contributed by atoms with Gasteiger partial charge in [0.2, 0.25) is 0 Å². The Bertz CT molecular complexity index is 473. The maximum absolute atomic E-state index is 11.2. The first-order chi connectivity index (χ1) is 7.79. The van der Waals surface area contributed by atoms with Crippen LogP contribution in [0.25, 0.3) is 0 Å². The molecule has 0 spiro atoms. The molecule has 0 saturated heterocycles. The third-order valence-corrected chi connectivity index (χ3v) is 3.52. The van der Waals surface area contributed by atoms with Crippen molar-refractivity contribution in [3.05, 3.63) is 23.8 Å². The fraction of sp³-hybridized carbons (Fsp3) is 0.636. The summed E-state index contributed by atoms with van der Waals surface area (Å²) in [6, 6.07) is -0.123. The van der Waals surface area contributed by atoms with Crippen molar-refractivity contribution in [2.45, 2.75) is 32.9 Å². The monoisotopic (exact) mass is 257 g/mol. The molecule has 0 aromatic carbocycles. The number of aryl methyl sites for hydroxylation is 1. The van der Waals surface area contributed by atoms with Crippen molar-refractivity contribution in [3.8, 4) is 0 Å². The molecule has 1 aromatic rings. The zero-order valence-corrected chi connectivity index (χ0v) is 11.5. The molecule has 0 radical (unpaired) electrons. The number of hydrogen-bond acceptors (Lipinski definition) is 5. The fourth-order valence-electron chi connectivity index (χ4n) is 1.85. The second kappa shape index (κ2) is 5.55. The molecular weight excluding hydrogens is 238 g/mol. The molecule has 1 rings (SSSR count). The molecule has 2 unspecified atom stereocenters. The Morgan fingerprint density at radius 3 is 2.41 bits per heavy atom. The van der Waals surface area contributed by atoms with Gasteiger partial charge in [-0.2, -0.15) is 0 Å². The molecule has 6 heteroatoms. The summed E-state index contributed by atoms with van der Waals surface area (Å²) in [6.07, 6.45) is 4.52. The molecular formula is C11H19N3O2S. The molecule has 0 saturated carbocycles. The Labute approximate surface area is 103 Å². The summed E-state index contributed by atoms with van der Waals surface area (Å²) in [5.41, 5.74) is 1.71. The van der Waals surface area contributed by atoms with E-state index < -0.39 is 9.84 Å². The van der Waals surface area contributed by atoms with E-state index in [1.54, 1.807) is 12.4 Å². The van der Waals surface area contributed by atoms with Crippen LogP contribution in [0.15, 0.2) is 12.4 Å². The molecule has 17 heavy (non-hydrogen) atoms. The van der Waals surface area contributed by atoms with E-state index in [0.717, 1.165) is 11.4 Å². The molecule has 1 N–H and O–H groups in total. The van der Waals surface area contributed by atoms with E-state index in [9.17, 15) is 8.42 Å². The third-order valence-electron chi connectivity index (χ3n) is 2.42. The van der Waals surface area contributed by atoms with Crippen LogP contribution in [-0.2, 0) is 9.84 Å². The summed E-state index contributed by atoms with van der Waals surface area (Å²) in [7, 11) is -2.96. The van der Waals surface area contributed by atoms with Gasteiger partial charge in [0.25, 0.3) is 0 Å². The summed E-state index contributed by atoms with van der Waals surface area (Å²) in [6.45, 7) is 5.70. The highest BCUT2D eigenvalue weighted by molar-refractivity contribution is 7.90. The van der Waals surface area contributed by atoms with Crippen molar-refractivity contribution in [2.75, 3.05) is 12.0 Å². The minimum atomic E-state index is -2.96. The van der Waals surface area contributed by atoms with Gasteiger partial charge in [0.05, 0.1) is 17.1 Å². The molecule has 0 aliphatic heterocycles. The van der Waals surface area contributed by atoms with Crippen molar-refractivity contribution in [1.82, 2.24) is 15.3 Å². The van der Waals surface area contributed by atoms with Gasteiger partial charge >= 0.3 is 0 Å². The highest BCUT2D eigenvalue weighted by Crippen LogP contribution is 2.12. The lowest BCUT2D eigenvalue weighted by Crippen LogP contribution is -2.35. The van der Waals surface area contributed by atoms with Crippen LogP contribution in [0.5, 0.6) is 0 Å². The SMILES string of the molecule is Cc1nccnc1C(C)NC(C)CS(C)(=O)=O. The number of nitrogens with one attached hydrogen (secondary N) is 1. The van der Waals surface area contributed by atoms with Crippen molar-refractivity contribution in [2.24, 2.45) is 0 Å².